The van der Waals surface area contributed by atoms with Crippen LogP contribution < -0.4 is 10.6 Å². The lowest BCUT2D eigenvalue weighted by molar-refractivity contribution is -0.119. The van der Waals surface area contributed by atoms with E-state index in [0.29, 0.717) is 34.5 Å². The van der Waals surface area contributed by atoms with Gasteiger partial charge in [-0.05, 0) is 48.4 Å². The summed E-state index contributed by atoms with van der Waals surface area (Å²) in [5, 5.41) is 5.64. The van der Waals surface area contributed by atoms with Gasteiger partial charge in [-0.25, -0.2) is 0 Å². The van der Waals surface area contributed by atoms with E-state index in [1.54, 1.807) is 6.07 Å². The highest BCUT2D eigenvalue weighted by Gasteiger charge is 2.11. The first-order valence-electron chi connectivity index (χ1n) is 8.62. The Hall–Kier alpha value is -2.41. The largest absolute Gasteiger partial charge is 0.348 e. The summed E-state index contributed by atoms with van der Waals surface area (Å²) >= 11 is 0.439. The molecule has 0 spiro atoms. The molecule has 1 unspecified atom stereocenters. The van der Waals surface area contributed by atoms with Crippen LogP contribution in [0, 0.1) is 5.92 Å². The van der Waals surface area contributed by atoms with Gasteiger partial charge in [0.15, 0.2) is 0 Å². The summed E-state index contributed by atoms with van der Waals surface area (Å²) in [7, 11) is 0. The van der Waals surface area contributed by atoms with Gasteiger partial charge in [-0.1, -0.05) is 37.7 Å². The Morgan fingerprint density at radius 3 is 2.44 bits per heavy atom. The van der Waals surface area contributed by atoms with Crippen LogP contribution in [-0.2, 0) is 11.3 Å². The van der Waals surface area contributed by atoms with Crippen LogP contribution in [0.25, 0.3) is 0 Å². The zero-order valence-electron chi connectivity index (χ0n) is 15.2. The molecule has 4 nitrogen and oxygen atoms in total. The monoisotopic (exact) mass is 392 g/mol. The number of alkyl halides is 2. The molecule has 2 rings (SSSR count). The molecule has 0 saturated carbocycles. The summed E-state index contributed by atoms with van der Waals surface area (Å²) in [5.41, 5.74) is 1.92. The van der Waals surface area contributed by atoms with E-state index in [9.17, 15) is 18.4 Å². The Balaban J connectivity index is 1.93. The van der Waals surface area contributed by atoms with Crippen molar-refractivity contribution in [3.8, 4) is 0 Å². The maximum absolute atomic E-state index is 12.3. The van der Waals surface area contributed by atoms with Gasteiger partial charge in [0.05, 0.1) is 0 Å². The summed E-state index contributed by atoms with van der Waals surface area (Å²) in [6.07, 6.45) is 0.760. The molecule has 0 fully saturated rings. The number of halogens is 2. The molecule has 0 aliphatic rings. The number of rotatable bonds is 8. The summed E-state index contributed by atoms with van der Waals surface area (Å²) in [5.74, 6) is -2.89. The Labute approximate surface area is 161 Å². The molecule has 0 heterocycles. The van der Waals surface area contributed by atoms with Crippen molar-refractivity contribution >= 4 is 29.3 Å². The molecule has 0 bridgehead atoms. The van der Waals surface area contributed by atoms with Crippen molar-refractivity contribution in [2.75, 3.05) is 5.32 Å². The predicted octanol–water partition coefficient (Wildman–Crippen LogP) is 4.92. The second-order valence-corrected chi connectivity index (χ2v) is 7.15. The number of thioether (sulfide) groups is 1. The van der Waals surface area contributed by atoms with Gasteiger partial charge in [-0.3, -0.25) is 9.59 Å². The van der Waals surface area contributed by atoms with E-state index >= 15 is 0 Å². The zero-order chi connectivity index (χ0) is 19.8. The molecule has 0 aliphatic heterocycles. The smallest absolute Gasteiger partial charge is 0.288 e. The van der Waals surface area contributed by atoms with Crippen molar-refractivity contribution in [2.24, 2.45) is 5.92 Å². The van der Waals surface area contributed by atoms with E-state index in [1.165, 1.54) is 24.3 Å². The first-order chi connectivity index (χ1) is 12.9. The van der Waals surface area contributed by atoms with Gasteiger partial charge >= 0.3 is 0 Å². The summed E-state index contributed by atoms with van der Waals surface area (Å²) in [6, 6.07) is 13.3. The molecule has 27 heavy (non-hydrogen) atoms. The van der Waals surface area contributed by atoms with Crippen LogP contribution in [0.4, 0.5) is 14.5 Å². The minimum atomic E-state index is -2.49. The van der Waals surface area contributed by atoms with Crippen LogP contribution in [0.3, 0.4) is 0 Å². The van der Waals surface area contributed by atoms with Crippen LogP contribution in [0.5, 0.6) is 0 Å². The van der Waals surface area contributed by atoms with E-state index in [0.717, 1.165) is 12.0 Å². The Kier molecular flexibility index (Phi) is 7.79. The van der Waals surface area contributed by atoms with Gasteiger partial charge in [-0.15, -0.1) is 0 Å². The average Bonchev–Trinajstić information content (AvgIpc) is 2.65. The fraction of sp³-hybridized carbons (Fsp3) is 0.300. The maximum Gasteiger partial charge on any atom is 0.288 e. The van der Waals surface area contributed by atoms with Crippen LogP contribution >= 0.6 is 11.8 Å². The molecule has 0 aromatic heterocycles. The number of nitrogens with one attached hydrogen (secondary N) is 2. The number of anilines is 1. The van der Waals surface area contributed by atoms with Gasteiger partial charge in [-0.2, -0.15) is 8.78 Å². The van der Waals surface area contributed by atoms with E-state index in [-0.39, 0.29) is 17.7 Å². The lowest BCUT2D eigenvalue weighted by Crippen LogP contribution is -2.23. The van der Waals surface area contributed by atoms with E-state index in [1.807, 2.05) is 32.0 Å². The SMILES string of the molecule is CCC(C)C(=O)Nc1cccc(CNC(=O)c2ccc(SC(F)F)cc2)c1. The molecule has 2 aromatic rings. The van der Waals surface area contributed by atoms with Crippen LogP contribution in [0.2, 0.25) is 0 Å². The highest BCUT2D eigenvalue weighted by atomic mass is 32.2. The topological polar surface area (TPSA) is 58.2 Å². The molecule has 144 valence electrons. The molecule has 0 aliphatic carbocycles. The molecule has 0 saturated heterocycles. The second kappa shape index (κ2) is 10.1. The van der Waals surface area contributed by atoms with Crippen LogP contribution in [0.15, 0.2) is 53.4 Å². The molecule has 0 radical (unpaired) electrons. The average molecular weight is 392 g/mol. The minimum absolute atomic E-state index is 0.0413. The lowest BCUT2D eigenvalue weighted by atomic mass is 10.1. The molecule has 7 heteroatoms. The quantitative estimate of drug-likeness (QED) is 0.627. The van der Waals surface area contributed by atoms with Crippen molar-refractivity contribution in [1.29, 1.82) is 0 Å². The van der Waals surface area contributed by atoms with Crippen LogP contribution in [-0.4, -0.2) is 17.6 Å². The Morgan fingerprint density at radius 1 is 1.11 bits per heavy atom. The van der Waals surface area contributed by atoms with E-state index in [2.05, 4.69) is 10.6 Å². The maximum atomic E-state index is 12.3. The molecular formula is C20H22F2N2O2S. The highest BCUT2D eigenvalue weighted by Crippen LogP contribution is 2.25. The molecule has 1 atom stereocenters. The van der Waals surface area contributed by atoms with Crippen LogP contribution in [0.1, 0.15) is 36.2 Å². The van der Waals surface area contributed by atoms with Crippen molar-refractivity contribution in [3.63, 3.8) is 0 Å². The van der Waals surface area contributed by atoms with E-state index in [4.69, 9.17) is 0 Å². The fourth-order valence-electron chi connectivity index (χ4n) is 2.28. The van der Waals surface area contributed by atoms with Gasteiger partial charge < -0.3 is 10.6 Å². The molecule has 2 N–H and O–H groups in total. The molecule has 2 aromatic carbocycles. The number of amides is 2. The van der Waals surface area contributed by atoms with Crippen molar-refractivity contribution in [1.82, 2.24) is 5.32 Å². The Bertz CT molecular complexity index is 782. The first-order valence-corrected chi connectivity index (χ1v) is 9.50. The van der Waals surface area contributed by atoms with Gasteiger partial charge in [0, 0.05) is 28.6 Å². The molecule has 2 amide bonds. The predicted molar refractivity (Wildman–Crippen MR) is 104 cm³/mol. The van der Waals surface area contributed by atoms with Crippen molar-refractivity contribution < 1.29 is 18.4 Å². The summed E-state index contributed by atoms with van der Waals surface area (Å²) in [6.45, 7) is 4.11. The third kappa shape index (κ3) is 6.67. The Morgan fingerprint density at radius 2 is 1.81 bits per heavy atom. The third-order valence-electron chi connectivity index (χ3n) is 4.05. The van der Waals surface area contributed by atoms with E-state index < -0.39 is 5.76 Å². The minimum Gasteiger partial charge on any atom is -0.348 e. The number of carbonyl (C=O) groups is 2. The lowest BCUT2D eigenvalue weighted by Gasteiger charge is -2.11. The number of benzene rings is 2. The second-order valence-electron chi connectivity index (χ2n) is 6.08. The number of hydrogen-bond acceptors (Lipinski definition) is 3. The normalized spacial score (nSPS) is 11.9. The highest BCUT2D eigenvalue weighted by molar-refractivity contribution is 7.99. The van der Waals surface area contributed by atoms with Crippen molar-refractivity contribution in [2.45, 2.75) is 37.5 Å². The number of carbonyl (C=O) groups excluding carboxylic acids is 2. The van der Waals surface area contributed by atoms with Gasteiger partial charge in [0.25, 0.3) is 11.7 Å². The summed E-state index contributed by atoms with van der Waals surface area (Å²) < 4.78 is 24.6. The van der Waals surface area contributed by atoms with Gasteiger partial charge in [0.1, 0.15) is 0 Å². The number of hydrogen-bond donors (Lipinski definition) is 2. The molecular weight excluding hydrogens is 370 g/mol. The fourth-order valence-corrected chi connectivity index (χ4v) is 2.78. The first kappa shape index (κ1) is 20.9. The van der Waals surface area contributed by atoms with Gasteiger partial charge in [0.2, 0.25) is 5.91 Å². The summed E-state index contributed by atoms with van der Waals surface area (Å²) in [4.78, 5) is 24.6. The zero-order valence-corrected chi connectivity index (χ0v) is 16.0. The third-order valence-corrected chi connectivity index (χ3v) is 4.77. The standard InChI is InChI=1S/C20H22F2N2O2S/c1-3-13(2)18(25)24-16-6-4-5-14(11-16)12-23-19(26)15-7-9-17(10-8-15)27-20(21)22/h4-11,13,20H,3,12H2,1-2H3,(H,23,26)(H,24,25). The van der Waals surface area contributed by atoms with Crippen molar-refractivity contribution in [3.05, 3.63) is 59.7 Å².